The van der Waals surface area contributed by atoms with E-state index in [0.29, 0.717) is 0 Å². The largest absolute Gasteiger partial charge is 0.454 e. The molecule has 0 aliphatic heterocycles. The molecule has 0 atom stereocenters. The summed E-state index contributed by atoms with van der Waals surface area (Å²) in [4.78, 5) is 2.42. The van der Waals surface area contributed by atoms with Crippen molar-refractivity contribution in [1.82, 2.24) is 4.57 Å². The molecular formula is C54H36N2O. The van der Waals surface area contributed by atoms with Gasteiger partial charge in [-0.3, -0.25) is 0 Å². The Morgan fingerprint density at radius 3 is 1.51 bits per heavy atom. The lowest BCUT2D eigenvalue weighted by molar-refractivity contribution is 0.669. The molecule has 0 fully saturated rings. The minimum absolute atomic E-state index is 0.841. The van der Waals surface area contributed by atoms with Gasteiger partial charge < -0.3 is 13.9 Å². The van der Waals surface area contributed by atoms with Gasteiger partial charge in [-0.15, -0.1) is 0 Å². The molecule has 0 spiro atoms. The summed E-state index contributed by atoms with van der Waals surface area (Å²) in [6.07, 6.45) is 0. The Balaban J connectivity index is 1.22. The van der Waals surface area contributed by atoms with Crippen LogP contribution in [0.2, 0.25) is 0 Å². The van der Waals surface area contributed by atoms with Crippen molar-refractivity contribution in [2.45, 2.75) is 0 Å². The van der Waals surface area contributed by atoms with Crippen molar-refractivity contribution in [3.05, 3.63) is 218 Å². The number of para-hydroxylation sites is 7. The van der Waals surface area contributed by atoms with E-state index in [-0.39, 0.29) is 0 Å². The maximum atomic E-state index is 6.83. The molecule has 0 bridgehead atoms. The zero-order valence-electron chi connectivity index (χ0n) is 31.1. The molecule has 0 N–H and O–H groups in total. The summed E-state index contributed by atoms with van der Waals surface area (Å²) in [6.45, 7) is 0. The van der Waals surface area contributed by atoms with E-state index in [1.54, 1.807) is 0 Å². The number of nitrogens with zero attached hydrogens (tertiary/aromatic N) is 2. The van der Waals surface area contributed by atoms with Gasteiger partial charge in [0, 0.05) is 27.1 Å². The average Bonchev–Trinajstić information content (AvgIpc) is 3.84. The van der Waals surface area contributed by atoms with Crippen molar-refractivity contribution in [3.63, 3.8) is 0 Å². The highest BCUT2D eigenvalue weighted by Crippen LogP contribution is 2.49. The number of furan rings is 1. The van der Waals surface area contributed by atoms with Crippen molar-refractivity contribution in [2.24, 2.45) is 0 Å². The van der Waals surface area contributed by atoms with Gasteiger partial charge in [-0.05, 0) is 70.3 Å². The number of fused-ring (bicyclic) bond motifs is 6. The Morgan fingerprint density at radius 1 is 0.316 bits per heavy atom. The van der Waals surface area contributed by atoms with Crippen molar-refractivity contribution in [1.29, 1.82) is 0 Å². The summed E-state index contributed by atoms with van der Waals surface area (Å²) in [5.74, 6) is 0. The zero-order valence-corrected chi connectivity index (χ0v) is 31.1. The summed E-state index contributed by atoms with van der Waals surface area (Å²) in [6, 6.07) is 78.1. The SMILES string of the molecule is c1ccc(-c2ccccc2-c2ccccc2-c2ccccc2N(c2ccccc2-n2c3ccccc3c3ccccc32)c2cccc3c2oc2ccccc23)cc1. The topological polar surface area (TPSA) is 21.3 Å². The molecule has 0 saturated heterocycles. The summed E-state index contributed by atoms with van der Waals surface area (Å²) in [7, 11) is 0. The number of aromatic nitrogens is 1. The maximum absolute atomic E-state index is 6.83. The maximum Gasteiger partial charge on any atom is 0.159 e. The fourth-order valence-electron chi connectivity index (χ4n) is 8.76. The molecule has 0 aliphatic carbocycles. The fourth-order valence-corrected chi connectivity index (χ4v) is 8.76. The van der Waals surface area contributed by atoms with E-state index < -0.39 is 0 Å². The minimum Gasteiger partial charge on any atom is -0.454 e. The van der Waals surface area contributed by atoms with E-state index in [4.69, 9.17) is 4.42 Å². The third kappa shape index (κ3) is 5.36. The van der Waals surface area contributed by atoms with E-state index in [1.807, 2.05) is 6.07 Å². The number of rotatable bonds is 7. The van der Waals surface area contributed by atoms with E-state index in [2.05, 4.69) is 222 Å². The molecule has 2 heterocycles. The van der Waals surface area contributed by atoms with Gasteiger partial charge in [-0.25, -0.2) is 0 Å². The normalized spacial score (nSPS) is 11.5. The molecule has 0 radical (unpaired) electrons. The van der Waals surface area contributed by atoms with Crippen molar-refractivity contribution >= 4 is 60.8 Å². The van der Waals surface area contributed by atoms with Crippen LogP contribution in [-0.4, -0.2) is 4.57 Å². The highest BCUT2D eigenvalue weighted by molar-refractivity contribution is 6.13. The van der Waals surface area contributed by atoms with Crippen LogP contribution in [0.4, 0.5) is 17.1 Å². The van der Waals surface area contributed by atoms with Gasteiger partial charge in [0.1, 0.15) is 5.58 Å². The standard InChI is InChI=1S/C54H36N2O/c1-2-19-37(20-3-1)38-21-4-5-22-39(38)40-23-6-7-24-41(40)42-25-8-12-30-47(42)56(52-35-18-29-46-45-28-11-17-36-53(45)57-54(46)52)51-34-16-15-33-50(51)55-48-31-13-9-26-43(48)44-27-10-14-32-49(44)55/h1-36H. The van der Waals surface area contributed by atoms with Crippen LogP contribution in [0.3, 0.4) is 0 Å². The summed E-state index contributed by atoms with van der Waals surface area (Å²) < 4.78 is 9.25. The van der Waals surface area contributed by atoms with Crippen LogP contribution in [-0.2, 0) is 0 Å². The van der Waals surface area contributed by atoms with Crippen molar-refractivity contribution in [2.75, 3.05) is 4.90 Å². The lowest BCUT2D eigenvalue weighted by Gasteiger charge is -2.30. The summed E-state index contributed by atoms with van der Waals surface area (Å²) in [5.41, 5.74) is 15.1. The van der Waals surface area contributed by atoms with Gasteiger partial charge in [0.25, 0.3) is 0 Å². The Kier molecular flexibility index (Phi) is 7.82. The van der Waals surface area contributed by atoms with Gasteiger partial charge >= 0.3 is 0 Å². The molecule has 57 heavy (non-hydrogen) atoms. The first-order valence-electron chi connectivity index (χ1n) is 19.4. The van der Waals surface area contributed by atoms with E-state index in [0.717, 1.165) is 66.8 Å². The predicted molar refractivity (Wildman–Crippen MR) is 239 cm³/mol. The van der Waals surface area contributed by atoms with Gasteiger partial charge in [0.2, 0.25) is 0 Å². The fraction of sp³-hybridized carbons (Fsp3) is 0. The first-order valence-corrected chi connectivity index (χ1v) is 19.4. The Bertz CT molecular complexity index is 3210. The lowest BCUT2D eigenvalue weighted by Crippen LogP contribution is -2.14. The van der Waals surface area contributed by atoms with Gasteiger partial charge in [-0.1, -0.05) is 176 Å². The second kappa shape index (κ2) is 13.6. The minimum atomic E-state index is 0.841. The number of hydrogen-bond donors (Lipinski definition) is 0. The number of anilines is 3. The quantitative estimate of drug-likeness (QED) is 0.163. The van der Waals surface area contributed by atoms with Crippen LogP contribution in [0.25, 0.3) is 82.8 Å². The lowest BCUT2D eigenvalue weighted by atomic mass is 9.88. The van der Waals surface area contributed by atoms with Crippen LogP contribution in [0.5, 0.6) is 0 Å². The number of benzene rings is 9. The molecule has 9 aromatic carbocycles. The van der Waals surface area contributed by atoms with Gasteiger partial charge in [0.05, 0.1) is 33.8 Å². The van der Waals surface area contributed by atoms with Crippen LogP contribution in [0.1, 0.15) is 0 Å². The van der Waals surface area contributed by atoms with Crippen molar-refractivity contribution < 1.29 is 4.42 Å². The molecule has 3 heteroatoms. The van der Waals surface area contributed by atoms with Crippen LogP contribution in [0, 0.1) is 0 Å². The van der Waals surface area contributed by atoms with E-state index in [9.17, 15) is 0 Å². The molecule has 0 saturated carbocycles. The molecule has 0 unspecified atom stereocenters. The molecular weight excluding hydrogens is 693 g/mol. The third-order valence-electron chi connectivity index (χ3n) is 11.2. The molecule has 3 nitrogen and oxygen atoms in total. The summed E-state index contributed by atoms with van der Waals surface area (Å²) in [5, 5.41) is 4.62. The highest BCUT2D eigenvalue weighted by Gasteiger charge is 2.26. The van der Waals surface area contributed by atoms with E-state index >= 15 is 0 Å². The molecule has 0 amide bonds. The first-order chi connectivity index (χ1) is 28.3. The van der Waals surface area contributed by atoms with Crippen LogP contribution in [0.15, 0.2) is 223 Å². The second-order valence-electron chi connectivity index (χ2n) is 14.4. The highest BCUT2D eigenvalue weighted by atomic mass is 16.3. The average molecular weight is 729 g/mol. The van der Waals surface area contributed by atoms with Crippen molar-refractivity contribution in [3.8, 4) is 39.1 Å². The second-order valence-corrected chi connectivity index (χ2v) is 14.4. The molecule has 0 aliphatic rings. The van der Waals surface area contributed by atoms with E-state index in [1.165, 1.54) is 33.0 Å². The van der Waals surface area contributed by atoms with Gasteiger partial charge in [0.15, 0.2) is 5.58 Å². The Labute approximate surface area is 330 Å². The van der Waals surface area contributed by atoms with Crippen LogP contribution < -0.4 is 4.90 Å². The molecule has 11 aromatic rings. The van der Waals surface area contributed by atoms with Gasteiger partial charge in [-0.2, -0.15) is 0 Å². The Hall–Kier alpha value is -7.62. The van der Waals surface area contributed by atoms with Crippen LogP contribution >= 0.6 is 0 Å². The zero-order chi connectivity index (χ0) is 37.7. The smallest absolute Gasteiger partial charge is 0.159 e. The Morgan fingerprint density at radius 2 is 0.789 bits per heavy atom. The number of hydrogen-bond acceptors (Lipinski definition) is 2. The molecule has 2 aromatic heterocycles. The first kappa shape index (κ1) is 32.8. The monoisotopic (exact) mass is 728 g/mol. The molecule has 11 rings (SSSR count). The third-order valence-corrected chi connectivity index (χ3v) is 11.2. The summed E-state index contributed by atoms with van der Waals surface area (Å²) >= 11 is 0. The molecule has 268 valence electrons. The predicted octanol–water partition coefficient (Wildman–Crippen LogP) is 15.2.